The quantitative estimate of drug-likeness (QED) is 0.655. The largest absolute Gasteiger partial charge is 0.371 e. The lowest BCUT2D eigenvalue weighted by atomic mass is 9.95. The minimum atomic E-state index is -0.622. The highest BCUT2D eigenvalue weighted by Gasteiger charge is 2.29. The van der Waals surface area contributed by atoms with Crippen molar-refractivity contribution in [2.24, 2.45) is 10.4 Å². The average molecular weight is 386 g/mol. The monoisotopic (exact) mass is 386 g/mol. The van der Waals surface area contributed by atoms with Crippen LogP contribution in [0.2, 0.25) is 0 Å². The highest BCUT2D eigenvalue weighted by molar-refractivity contribution is 7.79. The van der Waals surface area contributed by atoms with Crippen LogP contribution in [0.1, 0.15) is 32.4 Å². The van der Waals surface area contributed by atoms with Gasteiger partial charge in [0.05, 0.1) is 6.04 Å². The Balaban J connectivity index is 1.82. The third-order valence-electron chi connectivity index (χ3n) is 5.02. The zero-order chi connectivity index (χ0) is 19.6. The summed E-state index contributed by atoms with van der Waals surface area (Å²) >= 11 is 0. The maximum Gasteiger partial charge on any atom is 0.103 e. The molecule has 0 aromatic heterocycles. The number of amidine groups is 1. The molecule has 1 aliphatic rings. The lowest BCUT2D eigenvalue weighted by molar-refractivity contribution is 0.575. The van der Waals surface area contributed by atoms with Crippen LogP contribution in [0.4, 0.5) is 0 Å². The molecule has 0 unspecified atom stereocenters. The smallest absolute Gasteiger partial charge is 0.103 e. The molecule has 1 atom stereocenters. The Morgan fingerprint density at radius 1 is 0.786 bits per heavy atom. The zero-order valence-corrected chi connectivity index (χ0v) is 17.7. The standard InChI is InChI=1S/C25H27N2P/c1-25(2,3)24-26-18-22(27-24)21-16-10-11-17-23(21)28(19-12-6-4-7-13-19)20-14-8-5-9-15-20/h4-17,22H,18H2,1-3H3,(H,26,27)/t22-/m1/s1. The van der Waals surface area contributed by atoms with Crippen LogP contribution >= 0.6 is 7.92 Å². The van der Waals surface area contributed by atoms with E-state index in [-0.39, 0.29) is 11.5 Å². The molecule has 0 fully saturated rings. The van der Waals surface area contributed by atoms with Gasteiger partial charge in [-0.1, -0.05) is 106 Å². The van der Waals surface area contributed by atoms with E-state index < -0.39 is 7.92 Å². The fourth-order valence-corrected chi connectivity index (χ4v) is 6.15. The number of hydrogen-bond donors (Lipinski definition) is 1. The maximum atomic E-state index is 5.08. The van der Waals surface area contributed by atoms with Crippen LogP contribution in [0.25, 0.3) is 0 Å². The molecule has 1 N–H and O–H groups in total. The van der Waals surface area contributed by atoms with E-state index in [1.807, 2.05) is 0 Å². The Morgan fingerprint density at radius 3 is 1.86 bits per heavy atom. The van der Waals surface area contributed by atoms with E-state index >= 15 is 0 Å². The van der Waals surface area contributed by atoms with E-state index in [0.29, 0.717) is 0 Å². The van der Waals surface area contributed by atoms with Crippen molar-refractivity contribution in [1.29, 1.82) is 0 Å². The first kappa shape index (κ1) is 18.9. The van der Waals surface area contributed by atoms with Crippen molar-refractivity contribution in [3.63, 3.8) is 0 Å². The van der Waals surface area contributed by atoms with Crippen molar-refractivity contribution in [2.75, 3.05) is 6.54 Å². The lowest BCUT2D eigenvalue weighted by Crippen LogP contribution is -2.31. The lowest BCUT2D eigenvalue weighted by Gasteiger charge is -2.23. The Hall–Kier alpha value is -2.44. The molecule has 0 spiro atoms. The van der Waals surface area contributed by atoms with Gasteiger partial charge >= 0.3 is 0 Å². The highest BCUT2D eigenvalue weighted by Crippen LogP contribution is 2.37. The van der Waals surface area contributed by atoms with E-state index in [1.165, 1.54) is 21.5 Å². The van der Waals surface area contributed by atoms with Gasteiger partial charge in [0.1, 0.15) is 5.84 Å². The van der Waals surface area contributed by atoms with Crippen LogP contribution in [-0.2, 0) is 0 Å². The normalized spacial score (nSPS) is 16.7. The molecule has 28 heavy (non-hydrogen) atoms. The summed E-state index contributed by atoms with van der Waals surface area (Å²) in [5.74, 6) is 1.11. The van der Waals surface area contributed by atoms with Gasteiger partial charge < -0.3 is 5.32 Å². The van der Waals surface area contributed by atoms with E-state index in [9.17, 15) is 0 Å². The van der Waals surface area contributed by atoms with Crippen LogP contribution in [0.3, 0.4) is 0 Å². The molecule has 4 rings (SSSR count). The second-order valence-electron chi connectivity index (χ2n) is 8.19. The molecule has 0 bridgehead atoms. The maximum absolute atomic E-state index is 5.08. The van der Waals surface area contributed by atoms with E-state index in [0.717, 1.165) is 12.4 Å². The SMILES string of the molecule is CC(C)(C)C1=N[C@@H](c2ccccc2P(c2ccccc2)c2ccccc2)CN1. The summed E-state index contributed by atoms with van der Waals surface area (Å²) in [6.45, 7) is 7.52. The molecule has 3 aromatic carbocycles. The minimum absolute atomic E-state index is 0.0489. The van der Waals surface area contributed by atoms with E-state index in [1.54, 1.807) is 0 Å². The van der Waals surface area contributed by atoms with Crippen LogP contribution in [-0.4, -0.2) is 12.4 Å². The minimum Gasteiger partial charge on any atom is -0.371 e. The summed E-state index contributed by atoms with van der Waals surface area (Å²) in [4.78, 5) is 5.08. The molecule has 1 heterocycles. The van der Waals surface area contributed by atoms with E-state index in [4.69, 9.17) is 4.99 Å². The second-order valence-corrected chi connectivity index (χ2v) is 10.4. The number of hydrogen-bond acceptors (Lipinski definition) is 2. The van der Waals surface area contributed by atoms with Crippen molar-refractivity contribution in [3.05, 3.63) is 90.5 Å². The highest BCUT2D eigenvalue weighted by atomic mass is 31.1. The fourth-order valence-electron chi connectivity index (χ4n) is 3.63. The molecule has 0 aliphatic carbocycles. The summed E-state index contributed by atoms with van der Waals surface area (Å²) < 4.78 is 0. The van der Waals surface area contributed by atoms with Crippen LogP contribution in [0.5, 0.6) is 0 Å². The molecule has 0 amide bonds. The number of nitrogens with zero attached hydrogens (tertiary/aromatic N) is 1. The molecule has 1 aliphatic heterocycles. The van der Waals surface area contributed by atoms with Gasteiger partial charge in [-0.2, -0.15) is 0 Å². The summed E-state index contributed by atoms with van der Waals surface area (Å²) in [6.07, 6.45) is 0. The van der Waals surface area contributed by atoms with E-state index in [2.05, 4.69) is 111 Å². The van der Waals surface area contributed by atoms with Crippen molar-refractivity contribution < 1.29 is 0 Å². The van der Waals surface area contributed by atoms with Gasteiger partial charge in [-0.3, -0.25) is 4.99 Å². The molecule has 0 radical (unpaired) electrons. The van der Waals surface area contributed by atoms with Crippen LogP contribution in [0, 0.1) is 5.41 Å². The average Bonchev–Trinajstić information content (AvgIpc) is 3.21. The van der Waals surface area contributed by atoms with Crippen molar-refractivity contribution >= 4 is 29.7 Å². The first-order chi connectivity index (χ1) is 13.5. The fraction of sp³-hybridized carbons (Fsp3) is 0.240. The van der Waals surface area contributed by atoms with Crippen LogP contribution < -0.4 is 21.2 Å². The molecule has 142 valence electrons. The van der Waals surface area contributed by atoms with Gasteiger partial charge in [-0.15, -0.1) is 0 Å². The Morgan fingerprint density at radius 2 is 1.32 bits per heavy atom. The summed E-state index contributed by atoms with van der Waals surface area (Å²) in [7, 11) is -0.622. The van der Waals surface area contributed by atoms with Gasteiger partial charge in [0.15, 0.2) is 0 Å². The predicted molar refractivity (Wildman–Crippen MR) is 123 cm³/mol. The molecule has 3 heteroatoms. The number of benzene rings is 3. The number of rotatable bonds is 4. The molecule has 2 nitrogen and oxygen atoms in total. The van der Waals surface area contributed by atoms with Gasteiger partial charge in [0.25, 0.3) is 0 Å². The molecular formula is C25H27N2P. The topological polar surface area (TPSA) is 24.4 Å². The third-order valence-corrected chi connectivity index (χ3v) is 7.54. The Bertz CT molecular complexity index is 919. The first-order valence-electron chi connectivity index (χ1n) is 9.85. The third kappa shape index (κ3) is 3.88. The van der Waals surface area contributed by atoms with Gasteiger partial charge in [-0.25, -0.2) is 0 Å². The first-order valence-corrected chi connectivity index (χ1v) is 11.2. The molecular weight excluding hydrogens is 359 g/mol. The Kier molecular flexibility index (Phi) is 5.33. The summed E-state index contributed by atoms with van der Waals surface area (Å²) in [6, 6.07) is 30.8. The second kappa shape index (κ2) is 7.89. The van der Waals surface area contributed by atoms with Gasteiger partial charge in [0, 0.05) is 12.0 Å². The molecule has 0 saturated carbocycles. The molecule has 3 aromatic rings. The zero-order valence-electron chi connectivity index (χ0n) is 16.8. The molecule has 0 saturated heterocycles. The van der Waals surface area contributed by atoms with Crippen molar-refractivity contribution in [1.82, 2.24) is 5.32 Å². The summed E-state index contributed by atoms with van der Waals surface area (Å²) in [5, 5.41) is 7.71. The number of nitrogens with one attached hydrogen (secondary N) is 1. The van der Waals surface area contributed by atoms with Gasteiger partial charge in [-0.05, 0) is 29.4 Å². The predicted octanol–water partition coefficient (Wildman–Crippen LogP) is 4.53. The number of aliphatic imine (C=N–C) groups is 1. The van der Waals surface area contributed by atoms with Gasteiger partial charge in [0.2, 0.25) is 0 Å². The Labute approximate surface area is 169 Å². The van der Waals surface area contributed by atoms with Crippen molar-refractivity contribution in [2.45, 2.75) is 26.8 Å². The van der Waals surface area contributed by atoms with Crippen molar-refractivity contribution in [3.8, 4) is 0 Å². The van der Waals surface area contributed by atoms with Crippen LogP contribution in [0.15, 0.2) is 89.9 Å². The summed E-state index contributed by atoms with van der Waals surface area (Å²) in [5.41, 5.74) is 1.39.